The van der Waals surface area contributed by atoms with E-state index in [1.807, 2.05) is 0 Å². The SMILES string of the molecule is C=CCCc1ccc(-c2ccc(C(F)(F)F)c(F)c2)c(F)c1. The Kier molecular flexibility index (Phi) is 4.64. The van der Waals surface area contributed by atoms with Gasteiger partial charge in [-0.2, -0.15) is 13.2 Å². The third kappa shape index (κ3) is 3.53. The van der Waals surface area contributed by atoms with Gasteiger partial charge in [0.2, 0.25) is 0 Å². The van der Waals surface area contributed by atoms with Gasteiger partial charge in [-0.3, -0.25) is 0 Å². The second-order valence-corrected chi connectivity index (χ2v) is 4.83. The quantitative estimate of drug-likeness (QED) is 0.496. The van der Waals surface area contributed by atoms with Gasteiger partial charge in [-0.15, -0.1) is 6.58 Å². The fourth-order valence-electron chi connectivity index (χ4n) is 2.13. The standard InChI is InChI=1S/C17H13F5/c1-2-3-4-11-5-7-13(15(18)9-11)12-6-8-14(16(19)10-12)17(20,21)22/h2,5-10H,1,3-4H2. The highest BCUT2D eigenvalue weighted by Gasteiger charge is 2.34. The molecule has 0 heterocycles. The lowest BCUT2D eigenvalue weighted by molar-refractivity contribution is -0.139. The molecule has 0 spiro atoms. The van der Waals surface area contributed by atoms with Crippen molar-refractivity contribution in [3.8, 4) is 11.1 Å². The van der Waals surface area contributed by atoms with Gasteiger partial charge in [-0.05, 0) is 42.2 Å². The zero-order chi connectivity index (χ0) is 16.3. The van der Waals surface area contributed by atoms with Crippen LogP contribution >= 0.6 is 0 Å². The molecule has 0 nitrogen and oxygen atoms in total. The molecule has 2 rings (SSSR count). The maximum absolute atomic E-state index is 14.1. The number of benzene rings is 2. The Morgan fingerprint density at radius 3 is 2.23 bits per heavy atom. The Labute approximate surface area is 124 Å². The molecule has 0 bridgehead atoms. The molecule has 5 heteroatoms. The van der Waals surface area contributed by atoms with Crippen molar-refractivity contribution in [3.05, 3.63) is 71.8 Å². The maximum Gasteiger partial charge on any atom is 0.419 e. The Bertz CT molecular complexity index is 686. The maximum atomic E-state index is 14.1. The Morgan fingerprint density at radius 1 is 0.955 bits per heavy atom. The third-order valence-corrected chi connectivity index (χ3v) is 3.26. The van der Waals surface area contributed by atoms with Crippen molar-refractivity contribution in [2.75, 3.05) is 0 Å². The number of halogens is 5. The molecule has 0 aliphatic heterocycles. The molecule has 0 atom stereocenters. The number of rotatable bonds is 4. The summed E-state index contributed by atoms with van der Waals surface area (Å²) in [6.07, 6.45) is -1.76. The Hall–Kier alpha value is -2.17. The van der Waals surface area contributed by atoms with Crippen molar-refractivity contribution >= 4 is 0 Å². The summed E-state index contributed by atoms with van der Waals surface area (Å²) in [5.74, 6) is -2.01. The van der Waals surface area contributed by atoms with Gasteiger partial charge in [0.15, 0.2) is 0 Å². The topological polar surface area (TPSA) is 0 Å². The van der Waals surface area contributed by atoms with Gasteiger partial charge in [-0.25, -0.2) is 8.78 Å². The summed E-state index contributed by atoms with van der Waals surface area (Å²) in [7, 11) is 0. The zero-order valence-electron chi connectivity index (χ0n) is 11.6. The van der Waals surface area contributed by atoms with Crippen LogP contribution in [0.15, 0.2) is 49.1 Å². The molecule has 0 radical (unpaired) electrons. The highest BCUT2D eigenvalue weighted by molar-refractivity contribution is 5.65. The normalized spacial score (nSPS) is 11.5. The van der Waals surface area contributed by atoms with E-state index in [1.54, 1.807) is 12.1 Å². The fourth-order valence-corrected chi connectivity index (χ4v) is 2.13. The van der Waals surface area contributed by atoms with Crippen LogP contribution in [-0.4, -0.2) is 0 Å². The first-order valence-electron chi connectivity index (χ1n) is 6.59. The first-order chi connectivity index (χ1) is 10.3. The minimum atomic E-state index is -4.77. The zero-order valence-corrected chi connectivity index (χ0v) is 11.6. The van der Waals surface area contributed by atoms with E-state index in [9.17, 15) is 22.0 Å². The van der Waals surface area contributed by atoms with Gasteiger partial charge >= 0.3 is 6.18 Å². The summed E-state index contributed by atoms with van der Waals surface area (Å²) in [5, 5.41) is 0. The number of hydrogen-bond acceptors (Lipinski definition) is 0. The van der Waals surface area contributed by atoms with Crippen molar-refractivity contribution in [1.29, 1.82) is 0 Å². The van der Waals surface area contributed by atoms with Crippen LogP contribution in [0, 0.1) is 11.6 Å². The van der Waals surface area contributed by atoms with Gasteiger partial charge in [-0.1, -0.05) is 24.3 Å². The summed E-state index contributed by atoms with van der Waals surface area (Å²) < 4.78 is 65.1. The van der Waals surface area contributed by atoms with E-state index >= 15 is 0 Å². The summed E-state index contributed by atoms with van der Waals surface area (Å²) >= 11 is 0. The molecule has 2 aromatic rings. The van der Waals surface area contributed by atoms with Crippen LogP contribution in [0.25, 0.3) is 11.1 Å². The van der Waals surface area contributed by atoms with Crippen LogP contribution < -0.4 is 0 Å². The van der Waals surface area contributed by atoms with Crippen LogP contribution in [0.3, 0.4) is 0 Å². The van der Waals surface area contributed by atoms with Crippen molar-refractivity contribution in [1.82, 2.24) is 0 Å². The summed E-state index contributed by atoms with van der Waals surface area (Å²) in [4.78, 5) is 0. The molecular formula is C17H13F5. The van der Waals surface area contributed by atoms with Crippen LogP contribution in [0.2, 0.25) is 0 Å². The van der Waals surface area contributed by atoms with Crippen LogP contribution in [0.5, 0.6) is 0 Å². The van der Waals surface area contributed by atoms with Gasteiger partial charge in [0.05, 0.1) is 5.56 Å². The lowest BCUT2D eigenvalue weighted by atomic mass is 10.00. The predicted octanol–water partition coefficient (Wildman–Crippen LogP) is 5.77. The van der Waals surface area contributed by atoms with Crippen LogP contribution in [0.4, 0.5) is 22.0 Å². The first kappa shape index (κ1) is 16.2. The molecular weight excluding hydrogens is 299 g/mol. The highest BCUT2D eigenvalue weighted by atomic mass is 19.4. The smallest absolute Gasteiger partial charge is 0.206 e. The Balaban J connectivity index is 2.36. The molecule has 0 aromatic heterocycles. The van der Waals surface area contributed by atoms with Crippen molar-refractivity contribution in [2.24, 2.45) is 0 Å². The van der Waals surface area contributed by atoms with E-state index < -0.39 is 23.4 Å². The average Bonchev–Trinajstić information content (AvgIpc) is 2.43. The first-order valence-corrected chi connectivity index (χ1v) is 6.59. The Morgan fingerprint density at radius 2 is 1.68 bits per heavy atom. The molecule has 2 aromatic carbocycles. The molecule has 0 aliphatic carbocycles. The van der Waals surface area contributed by atoms with Crippen molar-refractivity contribution < 1.29 is 22.0 Å². The molecule has 0 amide bonds. The number of allylic oxidation sites excluding steroid dienone is 1. The second kappa shape index (κ2) is 6.30. The van der Waals surface area contributed by atoms with E-state index in [0.29, 0.717) is 25.0 Å². The van der Waals surface area contributed by atoms with E-state index in [1.165, 1.54) is 12.1 Å². The average molecular weight is 312 g/mol. The van der Waals surface area contributed by atoms with E-state index in [4.69, 9.17) is 0 Å². The summed E-state index contributed by atoms with van der Waals surface area (Å²) in [5.41, 5.74) is -0.485. The molecule has 0 saturated carbocycles. The number of aryl methyl sites for hydroxylation is 1. The van der Waals surface area contributed by atoms with Gasteiger partial charge in [0.25, 0.3) is 0 Å². The summed E-state index contributed by atoms with van der Waals surface area (Å²) in [6.45, 7) is 3.57. The van der Waals surface area contributed by atoms with Crippen LogP contribution in [0.1, 0.15) is 17.5 Å². The lowest BCUT2D eigenvalue weighted by Crippen LogP contribution is -2.07. The predicted molar refractivity (Wildman–Crippen MR) is 75.3 cm³/mol. The summed E-state index contributed by atoms with van der Waals surface area (Å²) in [6, 6.07) is 6.79. The van der Waals surface area contributed by atoms with Crippen LogP contribution in [-0.2, 0) is 12.6 Å². The van der Waals surface area contributed by atoms with Gasteiger partial charge < -0.3 is 0 Å². The molecule has 0 saturated heterocycles. The molecule has 0 aliphatic rings. The minimum Gasteiger partial charge on any atom is -0.206 e. The largest absolute Gasteiger partial charge is 0.419 e. The fraction of sp³-hybridized carbons (Fsp3) is 0.176. The molecule has 116 valence electrons. The van der Waals surface area contributed by atoms with E-state index in [-0.39, 0.29) is 11.1 Å². The molecule has 0 fully saturated rings. The van der Waals surface area contributed by atoms with Gasteiger partial charge in [0, 0.05) is 5.56 Å². The highest BCUT2D eigenvalue weighted by Crippen LogP contribution is 2.34. The number of alkyl halides is 3. The lowest BCUT2D eigenvalue weighted by Gasteiger charge is -2.10. The second-order valence-electron chi connectivity index (χ2n) is 4.83. The van der Waals surface area contributed by atoms with Crippen molar-refractivity contribution in [2.45, 2.75) is 19.0 Å². The third-order valence-electron chi connectivity index (χ3n) is 3.26. The van der Waals surface area contributed by atoms with Crippen molar-refractivity contribution in [3.63, 3.8) is 0 Å². The molecule has 0 unspecified atom stereocenters. The monoisotopic (exact) mass is 312 g/mol. The molecule has 0 N–H and O–H groups in total. The minimum absolute atomic E-state index is 0.0648. The number of hydrogen-bond donors (Lipinski definition) is 0. The van der Waals surface area contributed by atoms with E-state index in [2.05, 4.69) is 6.58 Å². The van der Waals surface area contributed by atoms with Gasteiger partial charge in [0.1, 0.15) is 11.6 Å². The van der Waals surface area contributed by atoms with E-state index in [0.717, 1.165) is 11.6 Å². The molecule has 22 heavy (non-hydrogen) atoms.